The van der Waals surface area contributed by atoms with Gasteiger partial charge in [0.25, 0.3) is 0 Å². The smallest absolute Gasteiger partial charge is 0.410 e. The van der Waals surface area contributed by atoms with Gasteiger partial charge >= 0.3 is 6.09 Å². The summed E-state index contributed by atoms with van der Waals surface area (Å²) in [4.78, 5) is 31.4. The summed E-state index contributed by atoms with van der Waals surface area (Å²) in [5.41, 5.74) is -0.183. The van der Waals surface area contributed by atoms with Gasteiger partial charge in [-0.05, 0) is 64.8 Å². The minimum atomic E-state index is -0.638. The van der Waals surface area contributed by atoms with Gasteiger partial charge < -0.3 is 24.2 Å². The van der Waals surface area contributed by atoms with Crippen molar-refractivity contribution in [2.24, 2.45) is 0 Å². The van der Waals surface area contributed by atoms with Gasteiger partial charge in [0.05, 0.1) is 7.11 Å². The molecule has 0 saturated carbocycles. The Balaban J connectivity index is 1.84. The van der Waals surface area contributed by atoms with E-state index < -0.39 is 11.1 Å². The van der Waals surface area contributed by atoms with E-state index in [9.17, 15) is 9.59 Å². The molecule has 1 aromatic rings. The quantitative estimate of drug-likeness (QED) is 0.778. The van der Waals surface area contributed by atoms with Crippen LogP contribution in [0.2, 0.25) is 0 Å². The summed E-state index contributed by atoms with van der Waals surface area (Å²) in [6.45, 7) is 8.61. The van der Waals surface area contributed by atoms with E-state index in [0.29, 0.717) is 25.9 Å². The Labute approximate surface area is 167 Å². The molecule has 1 atom stereocenters. The normalized spacial score (nSPS) is 22.0. The molecule has 2 amide bonds. The number of anilines is 1. The first-order chi connectivity index (χ1) is 13.1. The number of likely N-dealkylation sites (N-methyl/N-ethyl adjacent to an activating group) is 1. The van der Waals surface area contributed by atoms with Crippen molar-refractivity contribution in [1.82, 2.24) is 9.80 Å². The lowest BCUT2D eigenvalue weighted by Gasteiger charge is -2.44. The molecule has 7 heteroatoms. The second-order valence-corrected chi connectivity index (χ2v) is 8.61. The van der Waals surface area contributed by atoms with Gasteiger partial charge in [0.2, 0.25) is 5.91 Å². The molecule has 2 saturated heterocycles. The predicted octanol–water partition coefficient (Wildman–Crippen LogP) is 3.09. The van der Waals surface area contributed by atoms with Crippen molar-refractivity contribution < 1.29 is 19.1 Å². The standard InChI is InChI=1S/C21H31N3O4/c1-15-22(5)18(25)21(24(15)16-7-9-17(27-6)10-8-16)11-13-23(14-12-21)19(26)28-20(2,3)4/h7-10,15H,11-14H2,1-6H3. The predicted molar refractivity (Wildman–Crippen MR) is 107 cm³/mol. The van der Waals surface area contributed by atoms with Crippen LogP contribution in [-0.4, -0.2) is 66.4 Å². The first-order valence-corrected chi connectivity index (χ1v) is 9.78. The van der Waals surface area contributed by atoms with Gasteiger partial charge in [0, 0.05) is 25.8 Å². The summed E-state index contributed by atoms with van der Waals surface area (Å²) in [6.07, 6.45) is 0.775. The number of piperidine rings is 1. The average Bonchev–Trinajstić information content (AvgIpc) is 2.82. The van der Waals surface area contributed by atoms with Gasteiger partial charge in [-0.2, -0.15) is 0 Å². The lowest BCUT2D eigenvalue weighted by molar-refractivity contribution is -0.133. The van der Waals surface area contributed by atoms with Gasteiger partial charge in [-0.25, -0.2) is 4.79 Å². The molecule has 3 rings (SSSR count). The van der Waals surface area contributed by atoms with Crippen molar-refractivity contribution in [2.45, 2.75) is 57.8 Å². The first-order valence-electron chi connectivity index (χ1n) is 9.78. The lowest BCUT2D eigenvalue weighted by Crippen LogP contribution is -2.58. The van der Waals surface area contributed by atoms with Crippen molar-refractivity contribution >= 4 is 17.7 Å². The number of carbonyl (C=O) groups is 2. The molecule has 2 aliphatic rings. The maximum atomic E-state index is 13.2. The molecule has 2 fully saturated rings. The Kier molecular flexibility index (Phi) is 5.21. The molecule has 1 aromatic carbocycles. The van der Waals surface area contributed by atoms with Gasteiger partial charge in [-0.1, -0.05) is 0 Å². The molecule has 1 unspecified atom stereocenters. The fourth-order valence-corrected chi connectivity index (χ4v) is 4.18. The summed E-state index contributed by atoms with van der Waals surface area (Å²) < 4.78 is 10.8. The zero-order chi connectivity index (χ0) is 20.7. The van der Waals surface area contributed by atoms with Crippen LogP contribution in [0.3, 0.4) is 0 Å². The highest BCUT2D eigenvalue weighted by Gasteiger charge is 2.56. The van der Waals surface area contributed by atoms with E-state index in [-0.39, 0.29) is 18.2 Å². The Morgan fingerprint density at radius 3 is 2.21 bits per heavy atom. The number of amides is 2. The van der Waals surface area contributed by atoms with Crippen molar-refractivity contribution in [3.8, 4) is 5.75 Å². The van der Waals surface area contributed by atoms with Crippen molar-refractivity contribution in [1.29, 1.82) is 0 Å². The van der Waals surface area contributed by atoms with Crippen LogP contribution in [0.5, 0.6) is 5.75 Å². The van der Waals surface area contributed by atoms with Crippen molar-refractivity contribution in [2.75, 3.05) is 32.1 Å². The molecular weight excluding hydrogens is 358 g/mol. The number of likely N-dealkylation sites (tertiary alicyclic amines) is 1. The summed E-state index contributed by atoms with van der Waals surface area (Å²) in [5, 5.41) is 0. The van der Waals surface area contributed by atoms with E-state index in [1.165, 1.54) is 0 Å². The van der Waals surface area contributed by atoms with E-state index in [4.69, 9.17) is 9.47 Å². The van der Waals surface area contributed by atoms with Gasteiger partial charge in [0.15, 0.2) is 0 Å². The third kappa shape index (κ3) is 3.50. The van der Waals surface area contributed by atoms with Crippen LogP contribution >= 0.6 is 0 Å². The monoisotopic (exact) mass is 389 g/mol. The Morgan fingerprint density at radius 1 is 1.14 bits per heavy atom. The molecular formula is C21H31N3O4. The molecule has 154 valence electrons. The summed E-state index contributed by atoms with van der Waals surface area (Å²) >= 11 is 0. The highest BCUT2D eigenvalue weighted by Crippen LogP contribution is 2.42. The molecule has 1 spiro atoms. The van der Waals surface area contributed by atoms with Crippen LogP contribution in [0.4, 0.5) is 10.5 Å². The van der Waals surface area contributed by atoms with Crippen LogP contribution in [0.15, 0.2) is 24.3 Å². The summed E-state index contributed by atoms with van der Waals surface area (Å²) in [5.74, 6) is 0.892. The maximum absolute atomic E-state index is 13.2. The summed E-state index contributed by atoms with van der Waals surface area (Å²) in [6, 6.07) is 7.80. The average molecular weight is 389 g/mol. The van der Waals surface area contributed by atoms with Crippen LogP contribution in [-0.2, 0) is 9.53 Å². The molecule has 28 heavy (non-hydrogen) atoms. The SMILES string of the molecule is COc1ccc(N2C(C)N(C)C(=O)C23CCN(C(=O)OC(C)(C)C)CC3)cc1. The first kappa shape index (κ1) is 20.3. The zero-order valence-electron chi connectivity index (χ0n) is 17.7. The molecule has 2 aliphatic heterocycles. The second-order valence-electron chi connectivity index (χ2n) is 8.61. The Hall–Kier alpha value is -2.44. The van der Waals surface area contributed by atoms with E-state index >= 15 is 0 Å². The zero-order valence-corrected chi connectivity index (χ0v) is 17.7. The Morgan fingerprint density at radius 2 is 1.71 bits per heavy atom. The summed E-state index contributed by atoms with van der Waals surface area (Å²) in [7, 11) is 3.48. The number of nitrogens with zero attached hydrogens (tertiary/aromatic N) is 3. The van der Waals surface area contributed by atoms with Gasteiger partial charge in [0.1, 0.15) is 23.1 Å². The third-order valence-corrected chi connectivity index (χ3v) is 5.71. The fraction of sp³-hybridized carbons (Fsp3) is 0.619. The third-order valence-electron chi connectivity index (χ3n) is 5.71. The molecule has 0 N–H and O–H groups in total. The highest BCUT2D eigenvalue weighted by molar-refractivity contribution is 5.94. The Bertz CT molecular complexity index is 733. The van der Waals surface area contributed by atoms with Crippen LogP contribution in [0.1, 0.15) is 40.5 Å². The van der Waals surface area contributed by atoms with Gasteiger partial charge in [-0.15, -0.1) is 0 Å². The molecule has 0 bridgehead atoms. The van der Waals surface area contributed by atoms with Crippen molar-refractivity contribution in [3.63, 3.8) is 0 Å². The number of rotatable bonds is 2. The topological polar surface area (TPSA) is 62.3 Å². The molecule has 0 aliphatic carbocycles. The number of hydrogen-bond donors (Lipinski definition) is 0. The van der Waals surface area contributed by atoms with Gasteiger partial charge in [-0.3, -0.25) is 4.79 Å². The molecule has 0 aromatic heterocycles. The van der Waals surface area contributed by atoms with Crippen LogP contribution in [0.25, 0.3) is 0 Å². The van der Waals surface area contributed by atoms with Crippen LogP contribution in [0, 0.1) is 0 Å². The highest BCUT2D eigenvalue weighted by atomic mass is 16.6. The fourth-order valence-electron chi connectivity index (χ4n) is 4.18. The molecule has 0 radical (unpaired) electrons. The minimum absolute atomic E-state index is 0.0611. The van der Waals surface area contributed by atoms with E-state index in [1.807, 2.05) is 59.0 Å². The molecule has 2 heterocycles. The minimum Gasteiger partial charge on any atom is -0.497 e. The van der Waals surface area contributed by atoms with Crippen molar-refractivity contribution in [3.05, 3.63) is 24.3 Å². The number of hydrogen-bond acceptors (Lipinski definition) is 5. The number of methoxy groups -OCH3 is 1. The number of benzene rings is 1. The van der Waals surface area contributed by atoms with Crippen LogP contribution < -0.4 is 9.64 Å². The number of carbonyl (C=O) groups excluding carboxylic acids is 2. The largest absolute Gasteiger partial charge is 0.497 e. The van der Waals surface area contributed by atoms with E-state index in [1.54, 1.807) is 16.9 Å². The van der Waals surface area contributed by atoms with E-state index in [0.717, 1.165) is 11.4 Å². The maximum Gasteiger partial charge on any atom is 0.410 e. The molecule has 7 nitrogen and oxygen atoms in total. The number of ether oxygens (including phenoxy) is 2. The van der Waals surface area contributed by atoms with E-state index in [2.05, 4.69) is 4.90 Å². The second kappa shape index (κ2) is 7.18. The lowest BCUT2D eigenvalue weighted by atomic mass is 9.85.